The molecule has 1 aliphatic carbocycles. The number of aromatic amines is 1. The second kappa shape index (κ2) is 5.40. The highest BCUT2D eigenvalue weighted by Crippen LogP contribution is 2.31. The Labute approximate surface area is 125 Å². The highest BCUT2D eigenvalue weighted by molar-refractivity contribution is 9.10. The molecule has 0 unspecified atom stereocenters. The van der Waals surface area contributed by atoms with Crippen molar-refractivity contribution >= 4 is 21.9 Å². The maximum absolute atomic E-state index is 12.0. The molecule has 2 aromatic rings. The molecule has 0 fully saturated rings. The quantitative estimate of drug-likeness (QED) is 0.887. The average molecular weight is 334 g/mol. The first kappa shape index (κ1) is 13.4. The Bertz CT molecular complexity index is 696. The van der Waals surface area contributed by atoms with Gasteiger partial charge in [-0.2, -0.15) is 0 Å². The van der Waals surface area contributed by atoms with Gasteiger partial charge in [-0.3, -0.25) is 9.78 Å². The molecule has 0 saturated carbocycles. The van der Waals surface area contributed by atoms with E-state index in [2.05, 4.69) is 38.0 Å². The van der Waals surface area contributed by atoms with Crippen molar-refractivity contribution in [3.05, 3.63) is 55.9 Å². The van der Waals surface area contributed by atoms with Crippen molar-refractivity contribution in [2.75, 3.05) is 5.73 Å². The Kier molecular flexibility index (Phi) is 3.61. The van der Waals surface area contributed by atoms with Crippen LogP contribution in [-0.4, -0.2) is 9.97 Å². The number of halogens is 1. The molecule has 3 rings (SSSR count). The minimum Gasteiger partial charge on any atom is -0.369 e. The Morgan fingerprint density at radius 3 is 3.10 bits per heavy atom. The first-order valence-electron chi connectivity index (χ1n) is 6.76. The predicted molar refractivity (Wildman–Crippen MR) is 82.8 cm³/mol. The van der Waals surface area contributed by atoms with Gasteiger partial charge < -0.3 is 5.73 Å². The summed E-state index contributed by atoms with van der Waals surface area (Å²) in [6, 6.07) is 8.27. The number of nitrogens with zero attached hydrogens (tertiary/aromatic N) is 1. The molecular weight excluding hydrogens is 318 g/mol. The standard InChI is InChI=1S/C15H16BrN3O/c16-11-5-1-3-9(8-11)7-10-4-2-6-12-13(10)18-15(17)19-14(12)20/h1,3,5,8,10H,2,4,6-7H2,(H3,17,18,19,20)/t10-/m1/s1. The van der Waals surface area contributed by atoms with Crippen molar-refractivity contribution in [2.24, 2.45) is 0 Å². The van der Waals surface area contributed by atoms with E-state index in [0.29, 0.717) is 0 Å². The predicted octanol–water partition coefficient (Wildman–Crippen LogP) is 2.78. The normalized spacial score (nSPS) is 17.8. The maximum atomic E-state index is 12.0. The molecule has 0 spiro atoms. The fourth-order valence-corrected chi connectivity index (χ4v) is 3.37. The highest BCUT2D eigenvalue weighted by Gasteiger charge is 2.24. The van der Waals surface area contributed by atoms with Gasteiger partial charge in [0.1, 0.15) is 0 Å². The number of nitrogens with one attached hydrogen (secondary N) is 1. The van der Waals surface area contributed by atoms with Crippen LogP contribution in [0, 0.1) is 0 Å². The number of nitrogens with two attached hydrogens (primary N) is 1. The average Bonchev–Trinajstić information content (AvgIpc) is 2.40. The molecule has 0 saturated heterocycles. The number of aromatic nitrogens is 2. The van der Waals surface area contributed by atoms with Gasteiger partial charge in [0.2, 0.25) is 5.95 Å². The smallest absolute Gasteiger partial charge is 0.255 e. The van der Waals surface area contributed by atoms with Crippen LogP contribution >= 0.6 is 15.9 Å². The van der Waals surface area contributed by atoms with Gasteiger partial charge in [0.05, 0.1) is 5.69 Å². The summed E-state index contributed by atoms with van der Waals surface area (Å²) in [6.45, 7) is 0. The third-order valence-corrected chi connectivity index (χ3v) is 4.30. The van der Waals surface area contributed by atoms with Crippen LogP contribution in [0.1, 0.15) is 35.6 Å². The van der Waals surface area contributed by atoms with E-state index in [1.165, 1.54) is 5.56 Å². The number of hydrogen-bond donors (Lipinski definition) is 2. The third kappa shape index (κ3) is 2.63. The second-order valence-corrected chi connectivity index (χ2v) is 6.15. The van der Waals surface area contributed by atoms with Crippen molar-refractivity contribution in [3.63, 3.8) is 0 Å². The third-order valence-electron chi connectivity index (χ3n) is 3.80. The lowest BCUT2D eigenvalue weighted by Crippen LogP contribution is -2.25. The number of rotatable bonds is 2. The summed E-state index contributed by atoms with van der Waals surface area (Å²) in [5.74, 6) is 0.493. The second-order valence-electron chi connectivity index (χ2n) is 5.24. The minimum atomic E-state index is -0.0774. The molecule has 1 aromatic heterocycles. The fraction of sp³-hybridized carbons (Fsp3) is 0.333. The van der Waals surface area contributed by atoms with Crippen LogP contribution in [0.5, 0.6) is 0 Å². The van der Waals surface area contributed by atoms with Crippen LogP contribution < -0.4 is 11.3 Å². The molecule has 1 aromatic carbocycles. The molecule has 104 valence electrons. The molecule has 1 atom stereocenters. The number of fused-ring (bicyclic) bond motifs is 1. The number of hydrogen-bond acceptors (Lipinski definition) is 3. The van der Waals surface area contributed by atoms with Crippen LogP contribution in [0.3, 0.4) is 0 Å². The molecule has 1 aliphatic rings. The SMILES string of the molecule is Nc1nc2c(c(=O)[nH]1)CCC[C@@H]2Cc1cccc(Br)c1. The van der Waals surface area contributed by atoms with Crippen molar-refractivity contribution in [2.45, 2.75) is 31.6 Å². The molecular formula is C15H16BrN3O. The van der Waals surface area contributed by atoms with E-state index in [1.807, 2.05) is 12.1 Å². The molecule has 0 bridgehead atoms. The number of benzene rings is 1. The van der Waals surface area contributed by atoms with Crippen molar-refractivity contribution in [1.29, 1.82) is 0 Å². The monoisotopic (exact) mass is 333 g/mol. The van der Waals surface area contributed by atoms with E-state index >= 15 is 0 Å². The molecule has 4 nitrogen and oxygen atoms in total. The van der Waals surface area contributed by atoms with Gasteiger partial charge in [0.15, 0.2) is 0 Å². The zero-order valence-electron chi connectivity index (χ0n) is 11.0. The van der Waals surface area contributed by atoms with Gasteiger partial charge in [0.25, 0.3) is 5.56 Å². The molecule has 1 heterocycles. The van der Waals surface area contributed by atoms with Crippen molar-refractivity contribution in [1.82, 2.24) is 9.97 Å². The summed E-state index contributed by atoms with van der Waals surface area (Å²) >= 11 is 3.49. The summed E-state index contributed by atoms with van der Waals surface area (Å²) in [4.78, 5) is 18.9. The number of anilines is 1. The molecule has 0 radical (unpaired) electrons. The van der Waals surface area contributed by atoms with Gasteiger partial charge >= 0.3 is 0 Å². The fourth-order valence-electron chi connectivity index (χ4n) is 2.92. The van der Waals surface area contributed by atoms with E-state index in [0.717, 1.165) is 41.4 Å². The molecule has 20 heavy (non-hydrogen) atoms. The summed E-state index contributed by atoms with van der Waals surface area (Å²) in [5, 5.41) is 0. The van der Waals surface area contributed by atoms with E-state index in [4.69, 9.17) is 5.73 Å². The topological polar surface area (TPSA) is 71.8 Å². The molecule has 0 amide bonds. The number of nitrogen functional groups attached to an aromatic ring is 1. The van der Waals surface area contributed by atoms with E-state index in [-0.39, 0.29) is 17.4 Å². The van der Waals surface area contributed by atoms with E-state index in [1.54, 1.807) is 0 Å². The minimum absolute atomic E-state index is 0.0774. The first-order valence-corrected chi connectivity index (χ1v) is 7.56. The molecule has 0 aliphatic heterocycles. The Morgan fingerprint density at radius 2 is 2.30 bits per heavy atom. The van der Waals surface area contributed by atoms with Gasteiger partial charge in [-0.05, 0) is 43.4 Å². The van der Waals surface area contributed by atoms with Crippen LogP contribution in [0.2, 0.25) is 0 Å². The van der Waals surface area contributed by atoms with Gasteiger partial charge in [-0.15, -0.1) is 0 Å². The molecule has 5 heteroatoms. The van der Waals surface area contributed by atoms with E-state index in [9.17, 15) is 4.79 Å². The van der Waals surface area contributed by atoms with Crippen LogP contribution in [0.25, 0.3) is 0 Å². The maximum Gasteiger partial charge on any atom is 0.255 e. The lowest BCUT2D eigenvalue weighted by atomic mass is 9.83. The summed E-state index contributed by atoms with van der Waals surface area (Å²) in [5.41, 5.74) is 8.56. The summed E-state index contributed by atoms with van der Waals surface area (Å²) in [6.07, 6.45) is 3.77. The Hall–Kier alpha value is -1.62. The van der Waals surface area contributed by atoms with Crippen LogP contribution in [0.4, 0.5) is 5.95 Å². The van der Waals surface area contributed by atoms with Crippen molar-refractivity contribution in [3.8, 4) is 0 Å². The number of H-pyrrole nitrogens is 1. The highest BCUT2D eigenvalue weighted by atomic mass is 79.9. The lowest BCUT2D eigenvalue weighted by molar-refractivity contribution is 0.530. The first-order chi connectivity index (χ1) is 9.63. The summed E-state index contributed by atoms with van der Waals surface area (Å²) < 4.78 is 1.07. The largest absolute Gasteiger partial charge is 0.369 e. The van der Waals surface area contributed by atoms with Crippen LogP contribution in [0.15, 0.2) is 33.5 Å². The van der Waals surface area contributed by atoms with Gasteiger partial charge in [-0.25, -0.2) is 4.98 Å². The van der Waals surface area contributed by atoms with Gasteiger partial charge in [-0.1, -0.05) is 28.1 Å². The Balaban J connectivity index is 1.96. The molecule has 3 N–H and O–H groups in total. The summed E-state index contributed by atoms with van der Waals surface area (Å²) in [7, 11) is 0. The van der Waals surface area contributed by atoms with E-state index < -0.39 is 0 Å². The zero-order chi connectivity index (χ0) is 14.1. The lowest BCUT2D eigenvalue weighted by Gasteiger charge is -2.24. The van der Waals surface area contributed by atoms with Gasteiger partial charge in [0, 0.05) is 16.0 Å². The Morgan fingerprint density at radius 1 is 1.45 bits per heavy atom. The zero-order valence-corrected chi connectivity index (χ0v) is 12.6. The van der Waals surface area contributed by atoms with Crippen molar-refractivity contribution < 1.29 is 0 Å². The van der Waals surface area contributed by atoms with Crippen LogP contribution in [-0.2, 0) is 12.8 Å².